The lowest BCUT2D eigenvalue weighted by atomic mass is 9.67. The number of amides is 1. The normalized spacial score (nSPS) is 19.9. The van der Waals surface area contributed by atoms with Crippen LogP contribution < -0.4 is 10.6 Å². The number of carbonyl (C=O) groups excluding carboxylic acids is 4. The van der Waals surface area contributed by atoms with Gasteiger partial charge in [0.2, 0.25) is 11.8 Å². The Morgan fingerprint density at radius 3 is 2.29 bits per heavy atom. The van der Waals surface area contributed by atoms with Crippen molar-refractivity contribution in [2.24, 2.45) is 5.73 Å². The summed E-state index contributed by atoms with van der Waals surface area (Å²) in [5.41, 5.74) is 3.94. The molecule has 11 heteroatoms. The summed E-state index contributed by atoms with van der Waals surface area (Å²) < 4.78 is 20.5. The maximum absolute atomic E-state index is 13.8. The summed E-state index contributed by atoms with van der Waals surface area (Å²) in [7, 11) is 4.84. The molecule has 31 heavy (non-hydrogen) atoms. The van der Waals surface area contributed by atoms with Crippen LogP contribution in [0, 0.1) is 0 Å². The second kappa shape index (κ2) is 8.06. The van der Waals surface area contributed by atoms with Gasteiger partial charge in [-0.15, -0.1) is 0 Å². The van der Waals surface area contributed by atoms with Gasteiger partial charge in [0.05, 0.1) is 21.3 Å². The number of esters is 3. The van der Waals surface area contributed by atoms with Crippen molar-refractivity contribution in [2.75, 3.05) is 33.3 Å². The number of fused-ring (bicyclic) bond motifs is 2. The van der Waals surface area contributed by atoms with E-state index in [2.05, 4.69) is 20.7 Å². The number of nitrogens with two attached hydrogens (primary N) is 1. The molecule has 2 aliphatic heterocycles. The highest BCUT2D eigenvalue weighted by Crippen LogP contribution is 2.55. The van der Waals surface area contributed by atoms with Crippen LogP contribution in [0.1, 0.15) is 12.0 Å². The van der Waals surface area contributed by atoms with Gasteiger partial charge in [0.1, 0.15) is 28.7 Å². The highest BCUT2D eigenvalue weighted by molar-refractivity contribution is 9.10. The average Bonchev–Trinajstić information content (AvgIpc) is 2.95. The fourth-order valence-electron chi connectivity index (χ4n) is 3.87. The number of benzene rings is 1. The number of methoxy groups -OCH3 is 3. The molecule has 1 spiro atoms. The Morgan fingerprint density at radius 2 is 1.71 bits per heavy atom. The second-order valence-electron chi connectivity index (χ2n) is 6.65. The lowest BCUT2D eigenvalue weighted by molar-refractivity contribution is -0.141. The Balaban J connectivity index is 2.50. The van der Waals surface area contributed by atoms with Gasteiger partial charge >= 0.3 is 17.9 Å². The lowest BCUT2D eigenvalue weighted by Gasteiger charge is -2.36. The Kier molecular flexibility index (Phi) is 5.81. The Hall–Kier alpha value is -3.34. The van der Waals surface area contributed by atoms with E-state index >= 15 is 0 Å². The molecule has 164 valence electrons. The molecule has 0 saturated heterocycles. The van der Waals surface area contributed by atoms with Gasteiger partial charge in [-0.2, -0.15) is 0 Å². The number of hydrogen-bond acceptors (Lipinski definition) is 9. The summed E-state index contributed by atoms with van der Waals surface area (Å²) in [4.78, 5) is 52.9. The third-order valence-corrected chi connectivity index (χ3v) is 5.66. The van der Waals surface area contributed by atoms with Crippen LogP contribution in [0.25, 0.3) is 0 Å². The predicted octanol–water partition coefficient (Wildman–Crippen LogP) is 1.03. The van der Waals surface area contributed by atoms with Crippen molar-refractivity contribution in [1.29, 1.82) is 0 Å². The van der Waals surface area contributed by atoms with E-state index in [-0.39, 0.29) is 16.9 Å². The van der Waals surface area contributed by atoms with Crippen molar-refractivity contribution >= 4 is 45.4 Å². The minimum atomic E-state index is -2.06. The number of rotatable bonds is 4. The molecular weight excluding hydrogens is 476 g/mol. The third kappa shape index (κ3) is 3.16. The molecular formula is C20H19BrN2O8. The minimum Gasteiger partial charge on any atom is -0.469 e. The van der Waals surface area contributed by atoms with Gasteiger partial charge < -0.3 is 29.6 Å². The van der Waals surface area contributed by atoms with Crippen LogP contribution >= 0.6 is 15.9 Å². The van der Waals surface area contributed by atoms with Gasteiger partial charge in [0, 0.05) is 22.8 Å². The summed E-state index contributed by atoms with van der Waals surface area (Å²) in [6.45, 7) is 0. The average molecular weight is 495 g/mol. The van der Waals surface area contributed by atoms with Crippen LogP contribution in [0.2, 0.25) is 0 Å². The molecule has 2 aliphatic rings. The van der Waals surface area contributed by atoms with E-state index in [1.54, 1.807) is 18.2 Å². The fraction of sp³-hybridized carbons (Fsp3) is 0.300. The highest BCUT2D eigenvalue weighted by atomic mass is 79.9. The molecule has 1 amide bonds. The van der Waals surface area contributed by atoms with Crippen LogP contribution in [0.4, 0.5) is 5.69 Å². The van der Waals surface area contributed by atoms with Crippen LogP contribution in [-0.4, -0.2) is 52.2 Å². The van der Waals surface area contributed by atoms with Crippen LogP contribution in [0.15, 0.2) is 45.5 Å². The second-order valence-corrected chi connectivity index (χ2v) is 7.57. The maximum atomic E-state index is 13.8. The van der Waals surface area contributed by atoms with E-state index in [0.29, 0.717) is 10.2 Å². The van der Waals surface area contributed by atoms with E-state index in [4.69, 9.17) is 19.9 Å². The fourth-order valence-corrected chi connectivity index (χ4v) is 4.23. The molecule has 10 nitrogen and oxygen atoms in total. The molecule has 0 aromatic heterocycles. The number of ether oxygens (including phenoxy) is 4. The molecule has 1 atom stereocenters. The molecule has 0 bridgehead atoms. The first-order valence-corrected chi connectivity index (χ1v) is 9.67. The zero-order chi connectivity index (χ0) is 23.1. The van der Waals surface area contributed by atoms with Gasteiger partial charge in [0.15, 0.2) is 0 Å². The van der Waals surface area contributed by atoms with Crippen molar-refractivity contribution in [3.63, 3.8) is 0 Å². The number of carbonyl (C=O) groups is 4. The van der Waals surface area contributed by atoms with E-state index in [1.165, 1.54) is 11.9 Å². The van der Waals surface area contributed by atoms with Crippen LogP contribution in [0.5, 0.6) is 0 Å². The topological polar surface area (TPSA) is 134 Å². The highest BCUT2D eigenvalue weighted by Gasteiger charge is 2.63. The zero-order valence-electron chi connectivity index (χ0n) is 17.1. The smallest absolute Gasteiger partial charge is 0.340 e. The summed E-state index contributed by atoms with van der Waals surface area (Å²) in [6.07, 6.45) is -0.530. The predicted molar refractivity (Wildman–Crippen MR) is 109 cm³/mol. The molecule has 2 N–H and O–H groups in total. The van der Waals surface area contributed by atoms with Crippen LogP contribution in [-0.2, 0) is 43.5 Å². The first-order chi connectivity index (χ1) is 14.6. The van der Waals surface area contributed by atoms with Crippen molar-refractivity contribution in [3.05, 3.63) is 51.0 Å². The Labute approximate surface area is 185 Å². The minimum absolute atomic E-state index is 0.265. The quantitative estimate of drug-likeness (QED) is 0.480. The number of nitrogens with zero attached hydrogens (tertiary/aromatic N) is 1. The third-order valence-electron chi connectivity index (χ3n) is 5.17. The molecule has 2 heterocycles. The molecule has 0 aliphatic carbocycles. The standard InChI is InChI=1S/C20H19BrN2O8/c1-23-11-6-5-9(21)7-10(11)20(19(23)27)14(17(25)29-3)12(8-13(24)28-2)31-16(22)15(20)18(26)30-4/h5-7H,8,22H2,1-4H3/t20-/m0/s1. The van der Waals surface area contributed by atoms with Gasteiger partial charge in [-0.05, 0) is 18.2 Å². The summed E-state index contributed by atoms with van der Waals surface area (Å²) in [6, 6.07) is 4.92. The molecule has 1 aromatic rings. The van der Waals surface area contributed by atoms with E-state index in [0.717, 1.165) is 21.3 Å². The summed E-state index contributed by atoms with van der Waals surface area (Å²) >= 11 is 3.35. The van der Waals surface area contributed by atoms with Crippen molar-refractivity contribution in [3.8, 4) is 0 Å². The van der Waals surface area contributed by atoms with Crippen molar-refractivity contribution in [1.82, 2.24) is 0 Å². The monoisotopic (exact) mass is 494 g/mol. The van der Waals surface area contributed by atoms with E-state index in [9.17, 15) is 19.2 Å². The molecule has 0 radical (unpaired) electrons. The number of hydrogen-bond donors (Lipinski definition) is 1. The van der Waals surface area contributed by atoms with Gasteiger partial charge in [-0.3, -0.25) is 9.59 Å². The Bertz CT molecular complexity index is 1080. The number of likely N-dealkylation sites (N-methyl/N-ethyl adjacent to an activating group) is 1. The summed E-state index contributed by atoms with van der Waals surface area (Å²) in [5, 5.41) is 0. The van der Waals surface area contributed by atoms with Gasteiger partial charge in [-0.25, -0.2) is 9.59 Å². The van der Waals surface area contributed by atoms with Gasteiger partial charge in [-0.1, -0.05) is 15.9 Å². The largest absolute Gasteiger partial charge is 0.469 e. The molecule has 0 saturated carbocycles. The van der Waals surface area contributed by atoms with Crippen molar-refractivity contribution < 1.29 is 38.1 Å². The first kappa shape index (κ1) is 22.3. The van der Waals surface area contributed by atoms with Gasteiger partial charge in [0.25, 0.3) is 0 Å². The molecule has 1 aromatic carbocycles. The van der Waals surface area contributed by atoms with Crippen molar-refractivity contribution in [2.45, 2.75) is 11.8 Å². The molecule has 0 fully saturated rings. The zero-order valence-corrected chi connectivity index (χ0v) is 18.7. The maximum Gasteiger partial charge on any atom is 0.340 e. The summed E-state index contributed by atoms with van der Waals surface area (Å²) in [5.74, 6) is -4.14. The first-order valence-electron chi connectivity index (χ1n) is 8.88. The number of halogens is 1. The molecule has 3 rings (SSSR count). The molecule has 0 unspecified atom stereocenters. The Morgan fingerprint density at radius 1 is 1.10 bits per heavy atom. The SMILES string of the molecule is COC(=O)CC1=C(C(=O)OC)[C@]2(C(=O)N(C)c3ccc(Br)cc32)C(C(=O)OC)=C(N)O1. The van der Waals surface area contributed by atoms with E-state index < -0.39 is 47.1 Å². The van der Waals surface area contributed by atoms with Crippen LogP contribution in [0.3, 0.4) is 0 Å². The number of anilines is 1. The van der Waals surface area contributed by atoms with E-state index in [1.807, 2.05) is 0 Å². The lowest BCUT2D eigenvalue weighted by Crippen LogP contribution is -2.50.